The fraction of sp³-hybridized carbons (Fsp3) is 0.118. The summed E-state index contributed by atoms with van der Waals surface area (Å²) in [5.74, 6) is 0.0193. The van der Waals surface area contributed by atoms with Crippen LogP contribution in [0.25, 0.3) is 10.9 Å². The number of hydrogen-bond donors (Lipinski definition) is 1. The standard InChI is InChI=1S/C17H15BrN2O/c18-14-5-3-6-15(12-14)19-17(21)9-11-20-10-8-13-4-1-2-7-16(13)20/h1-8,10,12H,9,11H2,(H,19,21). The minimum Gasteiger partial charge on any atom is -0.347 e. The highest BCUT2D eigenvalue weighted by molar-refractivity contribution is 9.10. The SMILES string of the molecule is O=C(CCn1ccc2ccccc21)Nc1cccc(Br)c1. The van der Waals surface area contributed by atoms with Gasteiger partial charge in [0.15, 0.2) is 0 Å². The minimum absolute atomic E-state index is 0.0193. The van der Waals surface area contributed by atoms with Gasteiger partial charge in [0.2, 0.25) is 5.91 Å². The van der Waals surface area contributed by atoms with Crippen molar-refractivity contribution in [2.45, 2.75) is 13.0 Å². The molecule has 2 aromatic carbocycles. The Morgan fingerprint density at radius 2 is 1.95 bits per heavy atom. The van der Waals surface area contributed by atoms with Crippen LogP contribution in [0.2, 0.25) is 0 Å². The minimum atomic E-state index is 0.0193. The molecular weight excluding hydrogens is 328 g/mol. The molecule has 0 aliphatic heterocycles. The van der Waals surface area contributed by atoms with Crippen molar-refractivity contribution in [1.82, 2.24) is 4.57 Å². The Morgan fingerprint density at radius 3 is 2.81 bits per heavy atom. The molecule has 0 aliphatic rings. The van der Waals surface area contributed by atoms with E-state index in [2.05, 4.69) is 44.0 Å². The Bertz CT molecular complexity index is 779. The van der Waals surface area contributed by atoms with E-state index in [0.29, 0.717) is 13.0 Å². The van der Waals surface area contributed by atoms with E-state index < -0.39 is 0 Å². The number of para-hydroxylation sites is 1. The summed E-state index contributed by atoms with van der Waals surface area (Å²) in [5.41, 5.74) is 1.97. The maximum absolute atomic E-state index is 12.0. The number of nitrogens with zero attached hydrogens (tertiary/aromatic N) is 1. The number of rotatable bonds is 4. The van der Waals surface area contributed by atoms with Crippen LogP contribution in [0.1, 0.15) is 6.42 Å². The number of nitrogens with one attached hydrogen (secondary N) is 1. The average Bonchev–Trinajstić information content (AvgIpc) is 2.88. The number of benzene rings is 2. The van der Waals surface area contributed by atoms with E-state index in [-0.39, 0.29) is 5.91 Å². The van der Waals surface area contributed by atoms with Crippen LogP contribution in [0.4, 0.5) is 5.69 Å². The molecule has 0 saturated carbocycles. The van der Waals surface area contributed by atoms with Crippen LogP contribution in [-0.2, 0) is 11.3 Å². The lowest BCUT2D eigenvalue weighted by molar-refractivity contribution is -0.116. The fourth-order valence-corrected chi connectivity index (χ4v) is 2.75. The lowest BCUT2D eigenvalue weighted by Gasteiger charge is -2.07. The lowest BCUT2D eigenvalue weighted by atomic mass is 10.2. The van der Waals surface area contributed by atoms with Crippen LogP contribution >= 0.6 is 15.9 Å². The zero-order chi connectivity index (χ0) is 14.7. The lowest BCUT2D eigenvalue weighted by Crippen LogP contribution is -2.14. The Morgan fingerprint density at radius 1 is 1.10 bits per heavy atom. The van der Waals surface area contributed by atoms with Crippen molar-refractivity contribution in [3.8, 4) is 0 Å². The van der Waals surface area contributed by atoms with Crippen LogP contribution < -0.4 is 5.32 Å². The van der Waals surface area contributed by atoms with Crippen molar-refractivity contribution < 1.29 is 4.79 Å². The number of fused-ring (bicyclic) bond motifs is 1. The van der Waals surface area contributed by atoms with Crippen LogP contribution in [0.5, 0.6) is 0 Å². The topological polar surface area (TPSA) is 34.0 Å². The van der Waals surface area contributed by atoms with Gasteiger partial charge in [0.05, 0.1) is 0 Å². The van der Waals surface area contributed by atoms with Gasteiger partial charge in [-0.1, -0.05) is 40.2 Å². The maximum atomic E-state index is 12.0. The van der Waals surface area contributed by atoms with Gasteiger partial charge in [-0.05, 0) is 35.7 Å². The number of carbonyl (C=O) groups excluding carboxylic acids is 1. The molecule has 4 heteroatoms. The predicted molar refractivity (Wildman–Crippen MR) is 89.3 cm³/mol. The van der Waals surface area contributed by atoms with Crippen molar-refractivity contribution >= 4 is 38.4 Å². The first kappa shape index (κ1) is 13.9. The number of aryl methyl sites for hydroxylation is 1. The third-order valence-corrected chi connectivity index (χ3v) is 3.86. The second-order valence-electron chi connectivity index (χ2n) is 4.88. The molecule has 0 atom stereocenters. The monoisotopic (exact) mass is 342 g/mol. The molecule has 1 heterocycles. The first-order chi connectivity index (χ1) is 10.2. The molecule has 0 saturated heterocycles. The first-order valence-electron chi connectivity index (χ1n) is 6.82. The average molecular weight is 343 g/mol. The molecule has 3 nitrogen and oxygen atoms in total. The number of aromatic nitrogens is 1. The normalized spacial score (nSPS) is 10.7. The zero-order valence-corrected chi connectivity index (χ0v) is 13.0. The molecule has 21 heavy (non-hydrogen) atoms. The smallest absolute Gasteiger partial charge is 0.226 e. The third kappa shape index (κ3) is 3.34. The molecule has 0 aliphatic carbocycles. The predicted octanol–water partition coefficient (Wildman–Crippen LogP) is 4.43. The van der Waals surface area contributed by atoms with Crippen molar-refractivity contribution in [3.63, 3.8) is 0 Å². The second-order valence-corrected chi connectivity index (χ2v) is 5.79. The molecule has 3 rings (SSSR count). The quantitative estimate of drug-likeness (QED) is 0.747. The molecule has 1 aromatic heterocycles. The van der Waals surface area contributed by atoms with Gasteiger partial charge in [0.1, 0.15) is 0 Å². The molecule has 1 amide bonds. The van der Waals surface area contributed by atoms with Gasteiger partial charge in [-0.2, -0.15) is 0 Å². The van der Waals surface area contributed by atoms with E-state index in [0.717, 1.165) is 15.7 Å². The molecule has 0 radical (unpaired) electrons. The highest BCUT2D eigenvalue weighted by atomic mass is 79.9. The van der Waals surface area contributed by atoms with E-state index in [1.165, 1.54) is 5.39 Å². The van der Waals surface area contributed by atoms with Gasteiger partial charge in [0, 0.05) is 34.8 Å². The fourth-order valence-electron chi connectivity index (χ4n) is 2.35. The van der Waals surface area contributed by atoms with Crippen LogP contribution in [0.15, 0.2) is 65.3 Å². The van der Waals surface area contributed by atoms with E-state index in [1.807, 2.05) is 42.6 Å². The molecule has 0 fully saturated rings. The van der Waals surface area contributed by atoms with Gasteiger partial charge in [-0.15, -0.1) is 0 Å². The summed E-state index contributed by atoms with van der Waals surface area (Å²) in [6.45, 7) is 0.674. The summed E-state index contributed by atoms with van der Waals surface area (Å²) in [7, 11) is 0. The van der Waals surface area contributed by atoms with Crippen LogP contribution in [0.3, 0.4) is 0 Å². The van der Waals surface area contributed by atoms with Gasteiger partial charge in [-0.25, -0.2) is 0 Å². The van der Waals surface area contributed by atoms with E-state index in [4.69, 9.17) is 0 Å². The van der Waals surface area contributed by atoms with Crippen molar-refractivity contribution in [1.29, 1.82) is 0 Å². The molecule has 106 valence electrons. The molecule has 3 aromatic rings. The zero-order valence-electron chi connectivity index (χ0n) is 11.4. The van der Waals surface area contributed by atoms with Gasteiger partial charge >= 0.3 is 0 Å². The Balaban J connectivity index is 1.63. The maximum Gasteiger partial charge on any atom is 0.226 e. The highest BCUT2D eigenvalue weighted by Crippen LogP contribution is 2.17. The van der Waals surface area contributed by atoms with E-state index in [9.17, 15) is 4.79 Å². The van der Waals surface area contributed by atoms with Gasteiger partial charge in [-0.3, -0.25) is 4.79 Å². The number of halogens is 1. The number of amides is 1. The van der Waals surface area contributed by atoms with Crippen molar-refractivity contribution in [2.75, 3.05) is 5.32 Å². The third-order valence-electron chi connectivity index (χ3n) is 3.37. The Hall–Kier alpha value is -2.07. The van der Waals surface area contributed by atoms with E-state index in [1.54, 1.807) is 0 Å². The molecule has 0 spiro atoms. The summed E-state index contributed by atoms with van der Waals surface area (Å²) in [4.78, 5) is 12.0. The van der Waals surface area contributed by atoms with Crippen LogP contribution in [0, 0.1) is 0 Å². The summed E-state index contributed by atoms with van der Waals surface area (Å²) in [6.07, 6.45) is 2.47. The number of anilines is 1. The number of hydrogen-bond acceptors (Lipinski definition) is 1. The summed E-state index contributed by atoms with van der Waals surface area (Å²) in [6, 6.07) is 17.9. The molecule has 0 bridgehead atoms. The second kappa shape index (κ2) is 6.14. The summed E-state index contributed by atoms with van der Waals surface area (Å²) in [5, 5.41) is 4.11. The largest absolute Gasteiger partial charge is 0.347 e. The Labute approximate surface area is 131 Å². The molecule has 1 N–H and O–H groups in total. The summed E-state index contributed by atoms with van der Waals surface area (Å²) >= 11 is 3.39. The summed E-state index contributed by atoms with van der Waals surface area (Å²) < 4.78 is 3.06. The van der Waals surface area contributed by atoms with Gasteiger partial charge < -0.3 is 9.88 Å². The van der Waals surface area contributed by atoms with Crippen molar-refractivity contribution in [3.05, 3.63) is 65.3 Å². The number of carbonyl (C=O) groups is 1. The molecule has 0 unspecified atom stereocenters. The van der Waals surface area contributed by atoms with Crippen molar-refractivity contribution in [2.24, 2.45) is 0 Å². The van der Waals surface area contributed by atoms with E-state index >= 15 is 0 Å². The molecular formula is C17H15BrN2O. The van der Waals surface area contributed by atoms with Gasteiger partial charge in [0.25, 0.3) is 0 Å². The van der Waals surface area contributed by atoms with Crippen LogP contribution in [-0.4, -0.2) is 10.5 Å². The Kier molecular flexibility index (Phi) is 4.06. The highest BCUT2D eigenvalue weighted by Gasteiger charge is 2.05. The first-order valence-corrected chi connectivity index (χ1v) is 7.61.